The summed E-state index contributed by atoms with van der Waals surface area (Å²) in [5.74, 6) is 2.51. The number of piperidine rings is 1. The van der Waals surface area contributed by atoms with Gasteiger partial charge in [-0.3, -0.25) is 9.69 Å². The smallest absolute Gasteiger partial charge is 0.220 e. The second-order valence-corrected chi connectivity index (χ2v) is 7.23. The number of amides is 1. The molecule has 142 valence electrons. The molecule has 6 heteroatoms. The van der Waals surface area contributed by atoms with Crippen LogP contribution in [0.5, 0.6) is 0 Å². The van der Waals surface area contributed by atoms with Gasteiger partial charge in [0, 0.05) is 13.0 Å². The Kier molecular flexibility index (Phi) is 8.41. The van der Waals surface area contributed by atoms with Gasteiger partial charge in [0.15, 0.2) is 0 Å². The van der Waals surface area contributed by atoms with E-state index in [-0.39, 0.29) is 5.91 Å². The molecule has 2 rings (SSSR count). The maximum atomic E-state index is 11.9. The zero-order chi connectivity index (χ0) is 18.1. The highest BCUT2D eigenvalue weighted by atomic mass is 16.4. The third-order valence-corrected chi connectivity index (χ3v) is 5.08. The summed E-state index contributed by atoms with van der Waals surface area (Å²) in [5.41, 5.74) is 6.45. The van der Waals surface area contributed by atoms with Crippen molar-refractivity contribution < 1.29 is 9.21 Å². The number of carbonyl (C=O) groups is 1. The summed E-state index contributed by atoms with van der Waals surface area (Å²) in [6.07, 6.45) is 7.15. The first-order valence-corrected chi connectivity index (χ1v) is 9.70. The van der Waals surface area contributed by atoms with Crippen LogP contribution in [0, 0.1) is 19.8 Å². The number of carbonyl (C=O) groups excluding carboxylic acids is 1. The quantitative estimate of drug-likeness (QED) is 0.634. The number of hydrogen-bond donors (Lipinski definition) is 2. The lowest BCUT2D eigenvalue weighted by Gasteiger charge is -2.31. The van der Waals surface area contributed by atoms with Gasteiger partial charge in [0.05, 0.1) is 12.2 Å². The van der Waals surface area contributed by atoms with Crippen LogP contribution in [-0.4, -0.2) is 42.0 Å². The van der Waals surface area contributed by atoms with Crippen LogP contribution in [-0.2, 0) is 11.3 Å². The molecule has 1 fully saturated rings. The van der Waals surface area contributed by atoms with E-state index in [2.05, 4.69) is 15.2 Å². The van der Waals surface area contributed by atoms with E-state index >= 15 is 0 Å². The molecule has 0 saturated carbocycles. The second kappa shape index (κ2) is 10.6. The van der Waals surface area contributed by atoms with Crippen LogP contribution in [0.3, 0.4) is 0 Å². The molecule has 0 radical (unpaired) electrons. The van der Waals surface area contributed by atoms with Crippen molar-refractivity contribution in [3.05, 3.63) is 17.3 Å². The number of aryl methyl sites for hydroxylation is 2. The molecule has 25 heavy (non-hydrogen) atoms. The molecule has 1 amide bonds. The van der Waals surface area contributed by atoms with E-state index in [4.69, 9.17) is 10.2 Å². The van der Waals surface area contributed by atoms with Crippen molar-refractivity contribution in [2.24, 2.45) is 11.7 Å². The Bertz CT molecular complexity index is 502. The highest BCUT2D eigenvalue weighted by Crippen LogP contribution is 2.19. The average Bonchev–Trinajstić information content (AvgIpc) is 2.91. The van der Waals surface area contributed by atoms with Crippen molar-refractivity contribution in [2.75, 3.05) is 26.2 Å². The molecule has 0 aromatic carbocycles. The van der Waals surface area contributed by atoms with Gasteiger partial charge in [0.25, 0.3) is 0 Å². The molecule has 1 saturated heterocycles. The number of nitrogens with one attached hydrogen (secondary N) is 1. The van der Waals surface area contributed by atoms with Crippen LogP contribution in [0.25, 0.3) is 0 Å². The third-order valence-electron chi connectivity index (χ3n) is 5.08. The maximum absolute atomic E-state index is 11.9. The van der Waals surface area contributed by atoms with E-state index in [1.54, 1.807) is 0 Å². The number of nitrogens with two attached hydrogens (primary N) is 1. The molecule has 6 nitrogen and oxygen atoms in total. The Morgan fingerprint density at radius 2 is 1.96 bits per heavy atom. The zero-order valence-electron chi connectivity index (χ0n) is 15.9. The summed E-state index contributed by atoms with van der Waals surface area (Å²) in [4.78, 5) is 18.7. The van der Waals surface area contributed by atoms with Crippen molar-refractivity contribution in [2.45, 2.75) is 65.3 Å². The number of likely N-dealkylation sites (tertiary alicyclic amines) is 1. The van der Waals surface area contributed by atoms with Crippen LogP contribution < -0.4 is 11.1 Å². The highest BCUT2D eigenvalue weighted by Gasteiger charge is 2.21. The molecule has 0 atom stereocenters. The zero-order valence-corrected chi connectivity index (χ0v) is 15.9. The first-order valence-electron chi connectivity index (χ1n) is 9.70. The van der Waals surface area contributed by atoms with E-state index in [0.29, 0.717) is 12.3 Å². The molecule has 1 aromatic rings. The Labute approximate surface area is 151 Å². The van der Waals surface area contributed by atoms with Crippen LogP contribution in [0.2, 0.25) is 0 Å². The predicted octanol–water partition coefficient (Wildman–Crippen LogP) is 2.53. The largest absolute Gasteiger partial charge is 0.444 e. The summed E-state index contributed by atoms with van der Waals surface area (Å²) in [6.45, 7) is 8.37. The van der Waals surface area contributed by atoms with Crippen molar-refractivity contribution in [1.29, 1.82) is 0 Å². The molecule has 3 N–H and O–H groups in total. The number of hydrogen-bond acceptors (Lipinski definition) is 5. The summed E-state index contributed by atoms with van der Waals surface area (Å²) in [5, 5.41) is 3.11. The molecule has 0 unspecified atom stereocenters. The molecular weight excluding hydrogens is 316 g/mol. The lowest BCUT2D eigenvalue weighted by atomic mass is 9.96. The SMILES string of the molecule is Cc1nc(CN2CCC(CNC(=O)CCCCCCN)CC2)oc1C. The Morgan fingerprint density at radius 3 is 2.60 bits per heavy atom. The fraction of sp³-hybridized carbons (Fsp3) is 0.789. The van der Waals surface area contributed by atoms with E-state index < -0.39 is 0 Å². The van der Waals surface area contributed by atoms with Gasteiger partial charge in [-0.25, -0.2) is 4.98 Å². The molecular formula is C19H34N4O2. The molecule has 2 heterocycles. The van der Waals surface area contributed by atoms with Gasteiger partial charge in [0.1, 0.15) is 5.76 Å². The van der Waals surface area contributed by atoms with Gasteiger partial charge in [-0.1, -0.05) is 12.8 Å². The number of oxazole rings is 1. The number of rotatable bonds is 10. The maximum Gasteiger partial charge on any atom is 0.220 e. The normalized spacial score (nSPS) is 16.3. The lowest BCUT2D eigenvalue weighted by molar-refractivity contribution is -0.121. The van der Waals surface area contributed by atoms with Crippen LogP contribution in [0.4, 0.5) is 0 Å². The molecule has 1 aliphatic rings. The van der Waals surface area contributed by atoms with Crippen molar-refractivity contribution in [3.63, 3.8) is 0 Å². The van der Waals surface area contributed by atoms with Gasteiger partial charge in [0.2, 0.25) is 11.8 Å². The van der Waals surface area contributed by atoms with Gasteiger partial charge in [-0.15, -0.1) is 0 Å². The average molecular weight is 351 g/mol. The van der Waals surface area contributed by atoms with Gasteiger partial charge in [-0.05, 0) is 65.1 Å². The predicted molar refractivity (Wildman–Crippen MR) is 99.1 cm³/mol. The van der Waals surface area contributed by atoms with E-state index in [1.807, 2.05) is 13.8 Å². The standard InChI is InChI=1S/C19H34N4O2/c1-15-16(2)25-19(22-15)14-23-11-8-17(9-12-23)13-21-18(24)7-5-3-4-6-10-20/h17H,3-14,20H2,1-2H3,(H,21,24). The Balaban J connectivity index is 1.56. The van der Waals surface area contributed by atoms with Crippen LogP contribution in [0.15, 0.2) is 4.42 Å². The van der Waals surface area contributed by atoms with Crippen molar-refractivity contribution in [3.8, 4) is 0 Å². The summed E-state index contributed by atoms with van der Waals surface area (Å²) < 4.78 is 5.67. The molecule has 1 aromatic heterocycles. The Hall–Kier alpha value is -1.40. The van der Waals surface area contributed by atoms with Gasteiger partial charge < -0.3 is 15.5 Å². The summed E-state index contributed by atoms with van der Waals surface area (Å²) in [7, 11) is 0. The first kappa shape index (κ1) is 19.9. The fourth-order valence-corrected chi connectivity index (χ4v) is 3.28. The molecule has 0 bridgehead atoms. The third kappa shape index (κ3) is 7.16. The molecule has 1 aliphatic heterocycles. The number of aromatic nitrogens is 1. The molecule has 0 spiro atoms. The summed E-state index contributed by atoms with van der Waals surface area (Å²) >= 11 is 0. The van der Waals surface area contributed by atoms with E-state index in [1.165, 1.54) is 0 Å². The monoisotopic (exact) mass is 350 g/mol. The fourth-order valence-electron chi connectivity index (χ4n) is 3.28. The first-order chi connectivity index (χ1) is 12.1. The minimum atomic E-state index is 0.195. The summed E-state index contributed by atoms with van der Waals surface area (Å²) in [6, 6.07) is 0. The van der Waals surface area contributed by atoms with Crippen LogP contribution >= 0.6 is 0 Å². The Morgan fingerprint density at radius 1 is 1.24 bits per heavy atom. The van der Waals surface area contributed by atoms with E-state index in [9.17, 15) is 4.79 Å². The topological polar surface area (TPSA) is 84.4 Å². The minimum Gasteiger partial charge on any atom is -0.444 e. The number of nitrogens with zero attached hydrogens (tertiary/aromatic N) is 2. The minimum absolute atomic E-state index is 0.195. The van der Waals surface area contributed by atoms with Crippen molar-refractivity contribution in [1.82, 2.24) is 15.2 Å². The van der Waals surface area contributed by atoms with Crippen LogP contribution in [0.1, 0.15) is 62.3 Å². The number of unbranched alkanes of at least 4 members (excludes halogenated alkanes) is 3. The van der Waals surface area contributed by atoms with Gasteiger partial charge in [-0.2, -0.15) is 0 Å². The van der Waals surface area contributed by atoms with Crippen molar-refractivity contribution >= 4 is 5.91 Å². The lowest BCUT2D eigenvalue weighted by Crippen LogP contribution is -2.38. The second-order valence-electron chi connectivity index (χ2n) is 7.23. The molecule has 0 aliphatic carbocycles. The van der Waals surface area contributed by atoms with E-state index in [0.717, 1.165) is 88.6 Å². The van der Waals surface area contributed by atoms with Gasteiger partial charge >= 0.3 is 0 Å². The highest BCUT2D eigenvalue weighted by molar-refractivity contribution is 5.75.